The van der Waals surface area contributed by atoms with Crippen LogP contribution in [0.2, 0.25) is 0 Å². The minimum absolute atomic E-state index is 0.247. The average Bonchev–Trinajstić information content (AvgIpc) is 2.90. The number of carbonyl (C=O) groups excluding carboxylic acids is 1. The van der Waals surface area contributed by atoms with Crippen molar-refractivity contribution >= 4 is 5.91 Å². The SMILES string of the molecule is O=C(c1cn(-c2ccccc2)nn1)N1CCOCC(O)C1. The molecule has 1 aliphatic rings. The molecule has 0 saturated carbocycles. The highest BCUT2D eigenvalue weighted by atomic mass is 16.5. The molecule has 1 amide bonds. The fourth-order valence-corrected chi connectivity index (χ4v) is 2.21. The lowest BCUT2D eigenvalue weighted by Crippen LogP contribution is -2.37. The van der Waals surface area contributed by atoms with Crippen molar-refractivity contribution in [3.8, 4) is 5.69 Å². The number of hydrogen-bond acceptors (Lipinski definition) is 5. The van der Waals surface area contributed by atoms with Crippen LogP contribution in [0, 0.1) is 0 Å². The lowest BCUT2D eigenvalue weighted by atomic mass is 10.3. The van der Waals surface area contributed by atoms with Crippen LogP contribution in [0.15, 0.2) is 36.5 Å². The largest absolute Gasteiger partial charge is 0.389 e. The summed E-state index contributed by atoms with van der Waals surface area (Å²) >= 11 is 0. The van der Waals surface area contributed by atoms with E-state index in [4.69, 9.17) is 4.74 Å². The standard InChI is InChI=1S/C14H16N4O3/c19-12-8-17(6-7-21-10-12)14(20)13-9-18(16-15-13)11-4-2-1-3-5-11/h1-5,9,12,19H,6-8,10H2. The smallest absolute Gasteiger partial charge is 0.276 e. The molecule has 1 atom stereocenters. The Balaban J connectivity index is 1.78. The van der Waals surface area contributed by atoms with Crippen molar-refractivity contribution in [2.75, 3.05) is 26.3 Å². The van der Waals surface area contributed by atoms with E-state index < -0.39 is 6.10 Å². The Labute approximate surface area is 121 Å². The zero-order valence-corrected chi connectivity index (χ0v) is 11.4. The summed E-state index contributed by atoms with van der Waals surface area (Å²) in [6.07, 6.45) is 0.927. The Hall–Kier alpha value is -2.25. The van der Waals surface area contributed by atoms with E-state index in [-0.39, 0.29) is 24.8 Å². The third-order valence-corrected chi connectivity index (χ3v) is 3.27. The van der Waals surface area contributed by atoms with Crippen molar-refractivity contribution in [3.63, 3.8) is 0 Å². The monoisotopic (exact) mass is 288 g/mol. The summed E-state index contributed by atoms with van der Waals surface area (Å²) < 4.78 is 6.77. The molecule has 1 aromatic heterocycles. The number of ether oxygens (including phenoxy) is 1. The van der Waals surface area contributed by atoms with Crippen LogP contribution in [-0.2, 0) is 4.74 Å². The number of benzene rings is 1. The van der Waals surface area contributed by atoms with Gasteiger partial charge in [-0.15, -0.1) is 5.10 Å². The number of hydrogen-bond donors (Lipinski definition) is 1. The molecule has 1 saturated heterocycles. The van der Waals surface area contributed by atoms with Crippen molar-refractivity contribution in [2.24, 2.45) is 0 Å². The summed E-state index contributed by atoms with van der Waals surface area (Å²) in [5.74, 6) is -0.248. The fraction of sp³-hybridized carbons (Fsp3) is 0.357. The minimum atomic E-state index is -0.666. The highest BCUT2D eigenvalue weighted by Crippen LogP contribution is 2.09. The first kappa shape index (κ1) is 13.7. The predicted molar refractivity (Wildman–Crippen MR) is 74.1 cm³/mol. The number of aromatic nitrogens is 3. The zero-order valence-electron chi connectivity index (χ0n) is 11.4. The van der Waals surface area contributed by atoms with E-state index in [0.29, 0.717) is 13.2 Å². The quantitative estimate of drug-likeness (QED) is 0.848. The Morgan fingerprint density at radius 1 is 1.33 bits per heavy atom. The molecule has 0 bridgehead atoms. The molecular weight excluding hydrogens is 272 g/mol. The molecule has 2 aromatic rings. The van der Waals surface area contributed by atoms with Gasteiger partial charge in [-0.05, 0) is 12.1 Å². The second-order valence-electron chi connectivity index (χ2n) is 4.86. The minimum Gasteiger partial charge on any atom is -0.389 e. The molecule has 0 spiro atoms. The van der Waals surface area contributed by atoms with Gasteiger partial charge in [0.15, 0.2) is 5.69 Å². The molecule has 110 valence electrons. The van der Waals surface area contributed by atoms with Gasteiger partial charge in [-0.3, -0.25) is 4.79 Å². The zero-order chi connectivity index (χ0) is 14.7. The Morgan fingerprint density at radius 3 is 2.95 bits per heavy atom. The molecule has 1 aliphatic heterocycles. The third kappa shape index (κ3) is 3.09. The maximum atomic E-state index is 12.4. The molecule has 1 aromatic carbocycles. The van der Waals surface area contributed by atoms with Crippen molar-refractivity contribution in [1.29, 1.82) is 0 Å². The highest BCUT2D eigenvalue weighted by molar-refractivity contribution is 5.92. The first-order chi connectivity index (χ1) is 10.2. The van der Waals surface area contributed by atoms with Gasteiger partial charge < -0.3 is 14.7 Å². The molecule has 2 heterocycles. The second kappa shape index (κ2) is 6.02. The van der Waals surface area contributed by atoms with Crippen LogP contribution in [0.5, 0.6) is 0 Å². The van der Waals surface area contributed by atoms with Gasteiger partial charge in [-0.1, -0.05) is 23.4 Å². The van der Waals surface area contributed by atoms with Gasteiger partial charge in [-0.2, -0.15) is 0 Å². The molecule has 0 radical (unpaired) electrons. The van der Waals surface area contributed by atoms with E-state index in [1.54, 1.807) is 10.9 Å². The number of amides is 1. The van der Waals surface area contributed by atoms with Crippen molar-refractivity contribution in [3.05, 3.63) is 42.2 Å². The number of rotatable bonds is 2. The van der Waals surface area contributed by atoms with Crippen molar-refractivity contribution in [2.45, 2.75) is 6.10 Å². The first-order valence-electron chi connectivity index (χ1n) is 6.77. The molecule has 7 heteroatoms. The topological polar surface area (TPSA) is 80.5 Å². The molecule has 1 unspecified atom stereocenters. The number of para-hydroxylation sites is 1. The van der Waals surface area contributed by atoms with Gasteiger partial charge in [0.05, 0.1) is 31.2 Å². The van der Waals surface area contributed by atoms with Crippen LogP contribution < -0.4 is 0 Å². The van der Waals surface area contributed by atoms with E-state index in [1.807, 2.05) is 30.3 Å². The summed E-state index contributed by atoms with van der Waals surface area (Å²) in [4.78, 5) is 13.9. The van der Waals surface area contributed by atoms with Gasteiger partial charge in [0, 0.05) is 13.1 Å². The second-order valence-corrected chi connectivity index (χ2v) is 4.86. The van der Waals surface area contributed by atoms with Crippen LogP contribution in [-0.4, -0.2) is 63.3 Å². The van der Waals surface area contributed by atoms with Gasteiger partial charge in [0.25, 0.3) is 5.91 Å². The van der Waals surface area contributed by atoms with E-state index in [2.05, 4.69) is 10.3 Å². The Kier molecular flexibility index (Phi) is 3.94. The predicted octanol–water partition coefficient (Wildman–Crippen LogP) is 0.101. The van der Waals surface area contributed by atoms with E-state index in [9.17, 15) is 9.90 Å². The van der Waals surface area contributed by atoms with Gasteiger partial charge in [-0.25, -0.2) is 4.68 Å². The number of aliphatic hydroxyl groups excluding tert-OH is 1. The third-order valence-electron chi connectivity index (χ3n) is 3.27. The maximum Gasteiger partial charge on any atom is 0.276 e. The van der Waals surface area contributed by atoms with Gasteiger partial charge >= 0.3 is 0 Å². The summed E-state index contributed by atoms with van der Waals surface area (Å²) in [6.45, 7) is 1.35. The van der Waals surface area contributed by atoms with Crippen molar-refractivity contribution < 1.29 is 14.6 Å². The average molecular weight is 288 g/mol. The Bertz CT molecular complexity index is 614. The van der Waals surface area contributed by atoms with E-state index in [0.717, 1.165) is 5.69 Å². The normalized spacial score (nSPS) is 19.3. The summed E-state index contributed by atoms with van der Waals surface area (Å²) in [5.41, 5.74) is 1.09. The lowest BCUT2D eigenvalue weighted by molar-refractivity contribution is 0.0533. The highest BCUT2D eigenvalue weighted by Gasteiger charge is 2.24. The molecule has 1 fully saturated rings. The summed E-state index contributed by atoms with van der Waals surface area (Å²) in [5, 5.41) is 17.6. The van der Waals surface area contributed by atoms with Crippen LogP contribution in [0.1, 0.15) is 10.5 Å². The number of nitrogens with zero attached hydrogens (tertiary/aromatic N) is 4. The maximum absolute atomic E-state index is 12.4. The van der Waals surface area contributed by atoms with Crippen LogP contribution in [0.3, 0.4) is 0 Å². The Morgan fingerprint density at radius 2 is 2.14 bits per heavy atom. The number of aliphatic hydroxyl groups is 1. The lowest BCUT2D eigenvalue weighted by Gasteiger charge is -2.19. The fourth-order valence-electron chi connectivity index (χ4n) is 2.21. The van der Waals surface area contributed by atoms with Crippen molar-refractivity contribution in [1.82, 2.24) is 19.9 Å². The molecule has 21 heavy (non-hydrogen) atoms. The summed E-state index contributed by atoms with van der Waals surface area (Å²) in [6, 6.07) is 9.45. The van der Waals surface area contributed by atoms with E-state index in [1.165, 1.54) is 4.90 Å². The molecule has 1 N–H and O–H groups in total. The molecule has 0 aliphatic carbocycles. The molecule has 7 nitrogen and oxygen atoms in total. The van der Waals surface area contributed by atoms with Crippen LogP contribution in [0.4, 0.5) is 0 Å². The van der Waals surface area contributed by atoms with Gasteiger partial charge in [0.2, 0.25) is 0 Å². The van der Waals surface area contributed by atoms with E-state index >= 15 is 0 Å². The summed E-state index contributed by atoms with van der Waals surface area (Å²) in [7, 11) is 0. The number of carbonyl (C=O) groups is 1. The van der Waals surface area contributed by atoms with Crippen LogP contribution >= 0.6 is 0 Å². The van der Waals surface area contributed by atoms with Crippen LogP contribution in [0.25, 0.3) is 5.69 Å². The first-order valence-corrected chi connectivity index (χ1v) is 6.77. The molecular formula is C14H16N4O3. The molecule has 3 rings (SSSR count). The van der Waals surface area contributed by atoms with Gasteiger partial charge in [0.1, 0.15) is 0 Å². The number of β-amino-alcohol motifs (C(OH)–C–C–N with tert-alkyl or cyclic N) is 1.